The smallest absolute Gasteiger partial charge is 0.108 e. The number of aryl methyl sites for hydroxylation is 1. The topological polar surface area (TPSA) is 36.3 Å². The number of rotatable bonds is 9. The third-order valence-electron chi connectivity index (χ3n) is 1.93. The van der Waals surface area contributed by atoms with Gasteiger partial charge in [-0.3, -0.25) is 0 Å². The van der Waals surface area contributed by atoms with Crippen molar-refractivity contribution in [2.24, 2.45) is 0 Å². The lowest BCUT2D eigenvalue weighted by Gasteiger charge is -2.05. The van der Waals surface area contributed by atoms with Crippen LogP contribution in [0.5, 0.6) is 0 Å². The quantitative estimate of drug-likeness (QED) is 0.581. The Morgan fingerprint density at radius 3 is 2.67 bits per heavy atom. The Hall–Kier alpha value is -0.870. The second-order valence-electron chi connectivity index (χ2n) is 3.32. The van der Waals surface area contributed by atoms with Crippen LogP contribution in [0.3, 0.4) is 0 Å². The van der Waals surface area contributed by atoms with Crippen LogP contribution in [0.15, 0.2) is 12.5 Å². The van der Waals surface area contributed by atoms with Gasteiger partial charge in [0.05, 0.1) is 19.5 Å². The van der Waals surface area contributed by atoms with Gasteiger partial charge in [-0.15, -0.1) is 0 Å². The summed E-state index contributed by atoms with van der Waals surface area (Å²) in [5.41, 5.74) is 0. The van der Waals surface area contributed by atoms with Crippen molar-refractivity contribution in [2.45, 2.75) is 26.3 Å². The summed E-state index contributed by atoms with van der Waals surface area (Å²) in [5.74, 6) is 0. The summed E-state index contributed by atoms with van der Waals surface area (Å²) < 4.78 is 12.7. The number of ether oxygens (including phenoxy) is 2. The number of nitrogens with zero attached hydrogens (tertiary/aromatic N) is 2. The van der Waals surface area contributed by atoms with Crippen molar-refractivity contribution in [1.29, 1.82) is 0 Å². The zero-order valence-corrected chi connectivity index (χ0v) is 9.32. The molecule has 0 saturated heterocycles. The highest BCUT2D eigenvalue weighted by Gasteiger charge is 1.92. The second-order valence-corrected chi connectivity index (χ2v) is 3.32. The Balaban J connectivity index is 1.81. The van der Waals surface area contributed by atoms with Crippen LogP contribution in [0.4, 0.5) is 0 Å². The molecule has 0 N–H and O–H groups in total. The molecule has 0 unspecified atom stereocenters. The maximum Gasteiger partial charge on any atom is 0.108 e. The molecule has 1 heterocycles. The maximum atomic E-state index is 5.41. The molecule has 1 rings (SSSR count). The van der Waals surface area contributed by atoms with Crippen LogP contribution in [-0.4, -0.2) is 36.0 Å². The van der Waals surface area contributed by atoms with Gasteiger partial charge in [0.1, 0.15) is 6.20 Å². The number of hydrogen-bond acceptors (Lipinski definition) is 3. The van der Waals surface area contributed by atoms with Crippen LogP contribution in [-0.2, 0) is 16.0 Å². The van der Waals surface area contributed by atoms with Crippen LogP contribution in [0, 0.1) is 6.20 Å². The zero-order chi connectivity index (χ0) is 10.8. The first-order valence-electron chi connectivity index (χ1n) is 5.46. The molecule has 0 spiro atoms. The van der Waals surface area contributed by atoms with Gasteiger partial charge in [0, 0.05) is 26.0 Å². The molecule has 0 aliphatic heterocycles. The first-order valence-corrected chi connectivity index (χ1v) is 5.46. The van der Waals surface area contributed by atoms with Crippen molar-refractivity contribution < 1.29 is 9.47 Å². The predicted molar refractivity (Wildman–Crippen MR) is 57.6 cm³/mol. The monoisotopic (exact) mass is 211 g/mol. The first-order chi connectivity index (χ1) is 7.43. The Kier molecular flexibility index (Phi) is 6.86. The minimum atomic E-state index is 0.691. The van der Waals surface area contributed by atoms with E-state index in [0.29, 0.717) is 13.2 Å². The molecule has 4 nitrogen and oxygen atoms in total. The Morgan fingerprint density at radius 2 is 2.00 bits per heavy atom. The highest BCUT2D eigenvalue weighted by molar-refractivity contribution is 4.71. The average Bonchev–Trinajstić information content (AvgIpc) is 2.75. The van der Waals surface area contributed by atoms with E-state index in [4.69, 9.17) is 9.47 Å². The molecule has 1 aromatic rings. The Labute approximate surface area is 91.2 Å². The minimum Gasteiger partial charge on any atom is -0.379 e. The standard InChI is InChI=1S/C11H19N2O2/c1-2-7-14-9-10-15-8-3-5-13-6-4-12-11-13/h6,11H,2-3,5,7-10H2,1H3. The Morgan fingerprint density at radius 1 is 1.20 bits per heavy atom. The molecule has 1 aromatic heterocycles. The second kappa shape index (κ2) is 8.44. The number of imidazole rings is 1. The first kappa shape index (κ1) is 12.2. The lowest BCUT2D eigenvalue weighted by Crippen LogP contribution is -2.07. The fourth-order valence-electron chi connectivity index (χ4n) is 1.19. The van der Waals surface area contributed by atoms with Crippen LogP contribution in [0.2, 0.25) is 0 Å². The summed E-state index contributed by atoms with van der Waals surface area (Å²) in [6, 6.07) is 0. The van der Waals surface area contributed by atoms with Gasteiger partial charge in [0.15, 0.2) is 0 Å². The molecule has 0 aliphatic rings. The predicted octanol–water partition coefficient (Wildman–Crippen LogP) is 1.52. The van der Waals surface area contributed by atoms with E-state index in [1.165, 1.54) is 0 Å². The zero-order valence-electron chi connectivity index (χ0n) is 9.32. The Bertz CT molecular complexity index is 225. The van der Waals surface area contributed by atoms with Gasteiger partial charge in [0.2, 0.25) is 0 Å². The molecule has 0 saturated carbocycles. The molecule has 0 bridgehead atoms. The maximum absolute atomic E-state index is 5.41. The summed E-state index contributed by atoms with van der Waals surface area (Å²) in [6.07, 6.45) is 8.43. The summed E-state index contributed by atoms with van der Waals surface area (Å²) in [6.45, 7) is 6.03. The molecule has 0 atom stereocenters. The van der Waals surface area contributed by atoms with Crippen molar-refractivity contribution in [3.05, 3.63) is 18.7 Å². The molecule has 0 amide bonds. The largest absolute Gasteiger partial charge is 0.379 e. The van der Waals surface area contributed by atoms with Crippen molar-refractivity contribution in [3.63, 3.8) is 0 Å². The van der Waals surface area contributed by atoms with E-state index in [1.807, 2.05) is 10.8 Å². The molecular formula is C11H19N2O2. The van der Waals surface area contributed by atoms with Gasteiger partial charge in [-0.2, -0.15) is 0 Å². The van der Waals surface area contributed by atoms with Crippen molar-refractivity contribution in [3.8, 4) is 0 Å². The van der Waals surface area contributed by atoms with Gasteiger partial charge in [-0.05, 0) is 12.8 Å². The molecule has 0 fully saturated rings. The van der Waals surface area contributed by atoms with Crippen molar-refractivity contribution >= 4 is 0 Å². The molecule has 1 radical (unpaired) electrons. The van der Waals surface area contributed by atoms with E-state index in [0.717, 1.165) is 32.6 Å². The molecule has 85 valence electrons. The average molecular weight is 211 g/mol. The lowest BCUT2D eigenvalue weighted by molar-refractivity contribution is 0.0461. The lowest BCUT2D eigenvalue weighted by atomic mass is 10.4. The van der Waals surface area contributed by atoms with Crippen LogP contribution >= 0.6 is 0 Å². The van der Waals surface area contributed by atoms with Gasteiger partial charge < -0.3 is 14.0 Å². The number of aromatic nitrogens is 2. The highest BCUT2D eigenvalue weighted by atomic mass is 16.5. The highest BCUT2D eigenvalue weighted by Crippen LogP contribution is 1.91. The third-order valence-corrected chi connectivity index (χ3v) is 1.93. The van der Waals surface area contributed by atoms with Crippen molar-refractivity contribution in [2.75, 3.05) is 26.4 Å². The van der Waals surface area contributed by atoms with Gasteiger partial charge >= 0.3 is 0 Å². The normalized spacial score (nSPS) is 10.7. The van der Waals surface area contributed by atoms with E-state index < -0.39 is 0 Å². The molecular weight excluding hydrogens is 192 g/mol. The fourth-order valence-corrected chi connectivity index (χ4v) is 1.19. The van der Waals surface area contributed by atoms with E-state index in [9.17, 15) is 0 Å². The van der Waals surface area contributed by atoms with E-state index in [1.54, 1.807) is 6.33 Å². The van der Waals surface area contributed by atoms with Crippen LogP contribution in [0.25, 0.3) is 0 Å². The SMILES string of the molecule is CCCOCCOCCCn1c[c]nc1. The molecule has 0 aliphatic carbocycles. The van der Waals surface area contributed by atoms with Gasteiger partial charge in [0.25, 0.3) is 0 Å². The van der Waals surface area contributed by atoms with Crippen LogP contribution in [0.1, 0.15) is 19.8 Å². The van der Waals surface area contributed by atoms with Gasteiger partial charge in [-0.1, -0.05) is 6.92 Å². The minimum absolute atomic E-state index is 0.691. The van der Waals surface area contributed by atoms with Gasteiger partial charge in [-0.25, -0.2) is 4.98 Å². The summed E-state index contributed by atoms with van der Waals surface area (Å²) in [4.78, 5) is 3.85. The summed E-state index contributed by atoms with van der Waals surface area (Å²) >= 11 is 0. The van der Waals surface area contributed by atoms with Crippen LogP contribution < -0.4 is 0 Å². The number of hydrogen-bond donors (Lipinski definition) is 0. The summed E-state index contributed by atoms with van der Waals surface area (Å²) in [5, 5.41) is 0. The van der Waals surface area contributed by atoms with E-state index in [2.05, 4.69) is 18.1 Å². The fraction of sp³-hybridized carbons (Fsp3) is 0.727. The van der Waals surface area contributed by atoms with E-state index >= 15 is 0 Å². The summed E-state index contributed by atoms with van der Waals surface area (Å²) in [7, 11) is 0. The third kappa shape index (κ3) is 6.25. The van der Waals surface area contributed by atoms with E-state index in [-0.39, 0.29) is 0 Å². The molecule has 0 aromatic carbocycles. The van der Waals surface area contributed by atoms with Crippen molar-refractivity contribution in [1.82, 2.24) is 9.55 Å². The molecule has 15 heavy (non-hydrogen) atoms. The molecule has 4 heteroatoms.